The molecule has 4 nitrogen and oxygen atoms in total. The lowest BCUT2D eigenvalue weighted by atomic mass is 9.99. The van der Waals surface area contributed by atoms with Gasteiger partial charge in [-0.1, -0.05) is 147 Å². The first-order valence-electron chi connectivity index (χ1n) is 19.8. The highest BCUT2D eigenvalue weighted by atomic mass is 16.5. The van der Waals surface area contributed by atoms with E-state index in [0.717, 1.165) is 38.0 Å². The van der Waals surface area contributed by atoms with Crippen molar-refractivity contribution in [3.63, 3.8) is 0 Å². The Bertz CT molecular complexity index is 857. The van der Waals surface area contributed by atoms with Crippen molar-refractivity contribution in [3.05, 3.63) is 55.2 Å². The fourth-order valence-corrected chi connectivity index (χ4v) is 6.02. The SMILES string of the molecule is CCCCC/C=C\C/C=C\CCCCCCCCC(CCCCCCCC/C=C\CC(C)CCCCC)OC(=O)Cn1ccnc1. The first-order valence-corrected chi connectivity index (χ1v) is 19.8. The lowest BCUT2D eigenvalue weighted by molar-refractivity contribution is -0.150. The molecule has 4 heteroatoms. The molecule has 0 bridgehead atoms. The molecule has 0 aliphatic heterocycles. The highest BCUT2D eigenvalue weighted by molar-refractivity contribution is 5.69. The van der Waals surface area contributed by atoms with E-state index in [1.807, 2.05) is 6.20 Å². The summed E-state index contributed by atoms with van der Waals surface area (Å²) in [5, 5.41) is 0. The van der Waals surface area contributed by atoms with E-state index in [1.54, 1.807) is 17.1 Å². The Balaban J connectivity index is 2.14. The van der Waals surface area contributed by atoms with Gasteiger partial charge in [0.1, 0.15) is 12.6 Å². The topological polar surface area (TPSA) is 44.1 Å². The Kier molecular flexibility index (Phi) is 29.9. The summed E-state index contributed by atoms with van der Waals surface area (Å²) < 4.78 is 7.76. The van der Waals surface area contributed by atoms with Crippen molar-refractivity contribution in [2.24, 2.45) is 5.92 Å². The summed E-state index contributed by atoms with van der Waals surface area (Å²) in [6.45, 7) is 7.19. The second kappa shape index (κ2) is 32.8. The van der Waals surface area contributed by atoms with E-state index < -0.39 is 0 Å². The zero-order chi connectivity index (χ0) is 33.2. The smallest absolute Gasteiger partial charge is 0.326 e. The molecule has 0 spiro atoms. The lowest BCUT2D eigenvalue weighted by Crippen LogP contribution is -2.21. The molecule has 0 saturated carbocycles. The maximum Gasteiger partial charge on any atom is 0.326 e. The molecule has 0 radical (unpaired) electrons. The first-order chi connectivity index (χ1) is 22.7. The van der Waals surface area contributed by atoms with Crippen molar-refractivity contribution >= 4 is 5.97 Å². The van der Waals surface area contributed by atoms with Gasteiger partial charge in [-0.05, 0) is 83.0 Å². The number of aromatic nitrogens is 2. The van der Waals surface area contributed by atoms with Crippen LogP contribution >= 0.6 is 0 Å². The van der Waals surface area contributed by atoms with E-state index in [2.05, 4.69) is 62.2 Å². The monoisotopic (exact) mass is 639 g/mol. The molecule has 0 saturated heterocycles. The minimum atomic E-state index is -0.133. The number of carbonyl (C=O) groups is 1. The van der Waals surface area contributed by atoms with E-state index >= 15 is 0 Å². The Morgan fingerprint density at radius 3 is 1.72 bits per heavy atom. The van der Waals surface area contributed by atoms with Gasteiger partial charge in [-0.15, -0.1) is 0 Å². The van der Waals surface area contributed by atoms with Gasteiger partial charge in [0.05, 0.1) is 6.33 Å². The van der Waals surface area contributed by atoms with Crippen molar-refractivity contribution in [2.75, 3.05) is 0 Å². The summed E-state index contributed by atoms with van der Waals surface area (Å²) in [5.74, 6) is 0.698. The van der Waals surface area contributed by atoms with Gasteiger partial charge in [0.25, 0.3) is 0 Å². The van der Waals surface area contributed by atoms with Gasteiger partial charge in [-0.2, -0.15) is 0 Å². The van der Waals surface area contributed by atoms with Gasteiger partial charge < -0.3 is 9.30 Å². The summed E-state index contributed by atoms with van der Waals surface area (Å²) in [7, 11) is 0. The molecule has 1 aromatic heterocycles. The maximum atomic E-state index is 12.6. The second-order valence-corrected chi connectivity index (χ2v) is 13.7. The third kappa shape index (κ3) is 28.1. The molecule has 1 heterocycles. The first kappa shape index (κ1) is 41.9. The third-order valence-corrected chi connectivity index (χ3v) is 9.05. The number of allylic oxidation sites excluding steroid dienone is 6. The normalized spacial score (nSPS) is 13.4. The zero-order valence-electron chi connectivity index (χ0n) is 30.7. The molecule has 46 heavy (non-hydrogen) atoms. The third-order valence-electron chi connectivity index (χ3n) is 9.05. The second-order valence-electron chi connectivity index (χ2n) is 13.7. The molecule has 2 atom stereocenters. The number of ether oxygens (including phenoxy) is 1. The van der Waals surface area contributed by atoms with E-state index in [-0.39, 0.29) is 18.6 Å². The molecule has 0 N–H and O–H groups in total. The predicted octanol–water partition coefficient (Wildman–Crippen LogP) is 13.3. The Labute approximate surface area is 286 Å². The van der Waals surface area contributed by atoms with Crippen LogP contribution in [0.4, 0.5) is 0 Å². The van der Waals surface area contributed by atoms with Crippen molar-refractivity contribution in [1.82, 2.24) is 9.55 Å². The van der Waals surface area contributed by atoms with E-state index in [4.69, 9.17) is 4.74 Å². The Hall–Kier alpha value is -2.10. The summed E-state index contributed by atoms with van der Waals surface area (Å²) in [4.78, 5) is 16.6. The van der Waals surface area contributed by atoms with Crippen LogP contribution in [0.3, 0.4) is 0 Å². The minimum absolute atomic E-state index is 0.0522. The summed E-state index contributed by atoms with van der Waals surface area (Å²) in [6.07, 6.45) is 52.1. The average Bonchev–Trinajstić information content (AvgIpc) is 3.56. The molecular formula is C42H74N2O2. The lowest BCUT2D eigenvalue weighted by Gasteiger charge is -2.18. The number of imidazole rings is 1. The highest BCUT2D eigenvalue weighted by Gasteiger charge is 2.14. The van der Waals surface area contributed by atoms with Gasteiger partial charge >= 0.3 is 5.97 Å². The van der Waals surface area contributed by atoms with E-state index in [0.29, 0.717) is 0 Å². The fraction of sp³-hybridized carbons (Fsp3) is 0.762. The number of nitrogens with zero attached hydrogens (tertiary/aromatic N) is 2. The van der Waals surface area contributed by atoms with Gasteiger partial charge in [0.2, 0.25) is 0 Å². The van der Waals surface area contributed by atoms with Crippen molar-refractivity contribution in [1.29, 1.82) is 0 Å². The van der Waals surface area contributed by atoms with Crippen LogP contribution in [0.1, 0.15) is 188 Å². The van der Waals surface area contributed by atoms with Crippen LogP contribution in [-0.4, -0.2) is 21.6 Å². The number of unbranched alkanes of at least 4 members (excludes halogenated alkanes) is 17. The van der Waals surface area contributed by atoms with Crippen molar-refractivity contribution in [2.45, 2.75) is 200 Å². The number of hydrogen-bond acceptors (Lipinski definition) is 3. The van der Waals surface area contributed by atoms with Crippen LogP contribution < -0.4 is 0 Å². The number of hydrogen-bond donors (Lipinski definition) is 0. The van der Waals surface area contributed by atoms with Crippen LogP contribution in [0.25, 0.3) is 0 Å². The van der Waals surface area contributed by atoms with Gasteiger partial charge in [-0.3, -0.25) is 4.79 Å². The summed E-state index contributed by atoms with van der Waals surface area (Å²) in [5.41, 5.74) is 0. The van der Waals surface area contributed by atoms with E-state index in [9.17, 15) is 4.79 Å². The molecule has 2 unspecified atom stereocenters. The van der Waals surface area contributed by atoms with Crippen LogP contribution in [0, 0.1) is 5.92 Å². The Morgan fingerprint density at radius 1 is 0.652 bits per heavy atom. The van der Waals surface area contributed by atoms with Gasteiger partial charge in [-0.25, -0.2) is 4.98 Å². The zero-order valence-corrected chi connectivity index (χ0v) is 30.7. The summed E-state index contributed by atoms with van der Waals surface area (Å²) in [6, 6.07) is 0. The van der Waals surface area contributed by atoms with Crippen LogP contribution in [-0.2, 0) is 16.1 Å². The largest absolute Gasteiger partial charge is 0.461 e. The maximum absolute atomic E-state index is 12.6. The van der Waals surface area contributed by atoms with Crippen molar-refractivity contribution in [3.8, 4) is 0 Å². The van der Waals surface area contributed by atoms with Crippen LogP contribution in [0.5, 0.6) is 0 Å². The molecule has 1 aromatic rings. The molecule has 0 aromatic carbocycles. The molecule has 0 aliphatic rings. The average molecular weight is 639 g/mol. The predicted molar refractivity (Wildman–Crippen MR) is 200 cm³/mol. The summed E-state index contributed by atoms with van der Waals surface area (Å²) >= 11 is 0. The van der Waals surface area contributed by atoms with Gasteiger partial charge in [0.15, 0.2) is 0 Å². The quantitative estimate of drug-likeness (QED) is 0.0437. The number of rotatable bonds is 33. The molecule has 0 fully saturated rings. The van der Waals surface area contributed by atoms with Gasteiger partial charge in [0, 0.05) is 12.4 Å². The molecule has 0 aliphatic carbocycles. The van der Waals surface area contributed by atoms with E-state index in [1.165, 1.54) is 135 Å². The molecule has 264 valence electrons. The molecule has 0 amide bonds. The van der Waals surface area contributed by atoms with Crippen molar-refractivity contribution < 1.29 is 9.53 Å². The highest BCUT2D eigenvalue weighted by Crippen LogP contribution is 2.18. The van der Waals surface area contributed by atoms with Crippen LogP contribution in [0.2, 0.25) is 0 Å². The fourth-order valence-electron chi connectivity index (χ4n) is 6.02. The minimum Gasteiger partial charge on any atom is -0.461 e. The molecular weight excluding hydrogens is 564 g/mol. The van der Waals surface area contributed by atoms with Crippen LogP contribution in [0.15, 0.2) is 55.2 Å². The standard InChI is InChI=1S/C42H74N2O2/c1-4-6-8-9-10-11-12-13-14-15-16-17-20-23-26-30-34-41(46-42(45)38-44-37-36-43-39-44)35-31-27-24-21-18-19-22-25-29-33-40(3)32-28-7-5-2/h10-11,13-14,25,29,36-37,39-41H,4-9,12,15-24,26-28,30-35,38H2,1-3H3/b11-10-,14-13-,29-25-. The number of esters is 1. The Morgan fingerprint density at radius 2 is 1.15 bits per heavy atom. The number of carbonyl (C=O) groups excluding carboxylic acids is 1. The molecule has 1 rings (SSSR count).